The van der Waals surface area contributed by atoms with Crippen LogP contribution in [0.2, 0.25) is 0 Å². The van der Waals surface area contributed by atoms with E-state index in [1.165, 1.54) is 23.9 Å². The van der Waals surface area contributed by atoms with Gasteiger partial charge in [-0.1, -0.05) is 19.2 Å². The lowest BCUT2D eigenvalue weighted by Crippen LogP contribution is -2.23. The summed E-state index contributed by atoms with van der Waals surface area (Å²) in [6.07, 6.45) is 3.28. The molecule has 1 aromatic carbocycles. The zero-order chi connectivity index (χ0) is 19.7. The van der Waals surface area contributed by atoms with Gasteiger partial charge in [0.15, 0.2) is 5.96 Å². The smallest absolute Gasteiger partial charge is 0.255 e. The molecular formula is C18H23N5O2S. The maximum Gasteiger partial charge on any atom is 0.255 e. The molecule has 0 fully saturated rings. The predicted molar refractivity (Wildman–Crippen MR) is 109 cm³/mol. The number of allylic oxidation sites excluding steroid dienone is 2. The molecule has 8 heteroatoms. The molecule has 26 heavy (non-hydrogen) atoms. The number of carbonyl (C=O) groups excluding carboxylic acids is 2. The van der Waals surface area contributed by atoms with Gasteiger partial charge >= 0.3 is 0 Å². The van der Waals surface area contributed by atoms with Gasteiger partial charge in [-0.15, -0.1) is 11.8 Å². The highest BCUT2D eigenvalue weighted by molar-refractivity contribution is 7.99. The first-order valence-corrected chi connectivity index (χ1v) is 8.65. The van der Waals surface area contributed by atoms with E-state index in [4.69, 9.17) is 17.2 Å². The number of rotatable bonds is 9. The third-order valence-electron chi connectivity index (χ3n) is 3.12. The van der Waals surface area contributed by atoms with Crippen LogP contribution in [-0.2, 0) is 9.59 Å². The highest BCUT2D eigenvalue weighted by Gasteiger charge is 2.13. The minimum atomic E-state index is -0.418. The fourth-order valence-electron chi connectivity index (χ4n) is 2.02. The summed E-state index contributed by atoms with van der Waals surface area (Å²) in [5, 5.41) is 2.80. The maximum atomic E-state index is 12.5. The topological polar surface area (TPSA) is 137 Å². The number of nitrogens with two attached hydrogens (primary N) is 3. The third kappa shape index (κ3) is 6.48. The van der Waals surface area contributed by atoms with Crippen molar-refractivity contribution in [3.63, 3.8) is 0 Å². The number of guanidine groups is 1. The molecule has 1 amide bonds. The Morgan fingerprint density at radius 1 is 1.38 bits per heavy atom. The molecule has 0 saturated carbocycles. The Kier molecular flexibility index (Phi) is 8.17. The van der Waals surface area contributed by atoms with E-state index in [0.717, 1.165) is 5.56 Å². The van der Waals surface area contributed by atoms with Crippen LogP contribution in [0, 0.1) is 6.92 Å². The van der Waals surface area contributed by atoms with Crippen molar-refractivity contribution in [3.05, 3.63) is 54.2 Å². The van der Waals surface area contributed by atoms with E-state index < -0.39 is 5.91 Å². The van der Waals surface area contributed by atoms with Crippen LogP contribution in [0.1, 0.15) is 5.56 Å². The number of thioether (sulfide) groups is 1. The van der Waals surface area contributed by atoms with Crippen LogP contribution in [0.15, 0.2) is 58.5 Å². The molecule has 7 N–H and O–H groups in total. The Hall–Kier alpha value is -3.00. The van der Waals surface area contributed by atoms with Gasteiger partial charge in [0.05, 0.1) is 17.1 Å². The molecule has 0 spiro atoms. The standard InChI is InChI=1S/C18H23N5O2S/c1-4-13(7-12(3)10-24)17(25)23-15-9-11(2)8-14(19)16(15)26-6-5-22-18(20)21/h4,7-10H,1,3,5-6,19H2,2H3,(H,23,25)(H4,20,21,22)/b13-7+. The zero-order valence-electron chi connectivity index (χ0n) is 14.6. The first kappa shape index (κ1) is 21.0. The molecular weight excluding hydrogens is 350 g/mol. The zero-order valence-corrected chi connectivity index (χ0v) is 15.4. The van der Waals surface area contributed by atoms with E-state index in [-0.39, 0.29) is 17.1 Å². The van der Waals surface area contributed by atoms with Gasteiger partial charge in [0.25, 0.3) is 5.91 Å². The molecule has 0 aliphatic rings. The number of amides is 1. The van der Waals surface area contributed by atoms with E-state index in [1.54, 1.807) is 0 Å². The number of aryl methyl sites for hydroxylation is 1. The summed E-state index contributed by atoms with van der Waals surface area (Å²) in [4.78, 5) is 27.8. The van der Waals surface area contributed by atoms with Crippen LogP contribution in [0.4, 0.5) is 11.4 Å². The minimum absolute atomic E-state index is 0.0205. The Bertz CT molecular complexity index is 780. The number of nitrogens with one attached hydrogen (secondary N) is 1. The van der Waals surface area contributed by atoms with Crippen LogP contribution >= 0.6 is 11.8 Å². The predicted octanol–water partition coefficient (Wildman–Crippen LogP) is 1.75. The van der Waals surface area contributed by atoms with Crippen molar-refractivity contribution in [2.75, 3.05) is 23.3 Å². The van der Waals surface area contributed by atoms with Crippen LogP contribution in [0.5, 0.6) is 0 Å². The first-order chi connectivity index (χ1) is 12.3. The number of nitrogen functional groups attached to an aromatic ring is 1. The molecule has 1 rings (SSSR count). The highest BCUT2D eigenvalue weighted by Crippen LogP contribution is 2.34. The molecule has 0 aliphatic heterocycles. The van der Waals surface area contributed by atoms with Crippen molar-refractivity contribution in [1.29, 1.82) is 0 Å². The summed E-state index contributed by atoms with van der Waals surface area (Å²) >= 11 is 1.43. The van der Waals surface area contributed by atoms with Crippen LogP contribution in [0.3, 0.4) is 0 Å². The number of hydrogen-bond acceptors (Lipinski definition) is 5. The van der Waals surface area contributed by atoms with Gasteiger partial charge in [-0.3, -0.25) is 14.6 Å². The average Bonchev–Trinajstić information content (AvgIpc) is 2.57. The first-order valence-electron chi connectivity index (χ1n) is 7.66. The SMILES string of the molecule is C=C/C(=C\C(=C)C=O)C(=O)Nc1cc(C)cc(N)c1SCCN=C(N)N. The van der Waals surface area contributed by atoms with Gasteiger partial charge < -0.3 is 22.5 Å². The van der Waals surface area contributed by atoms with E-state index in [2.05, 4.69) is 23.5 Å². The molecule has 7 nitrogen and oxygen atoms in total. The molecule has 138 valence electrons. The maximum absolute atomic E-state index is 12.5. The van der Waals surface area contributed by atoms with E-state index in [9.17, 15) is 9.59 Å². The molecule has 0 heterocycles. The van der Waals surface area contributed by atoms with Gasteiger partial charge in [-0.05, 0) is 30.7 Å². The molecule has 0 aromatic heterocycles. The van der Waals surface area contributed by atoms with Gasteiger partial charge in [0.1, 0.15) is 6.29 Å². The lowest BCUT2D eigenvalue weighted by atomic mass is 10.1. The number of carbonyl (C=O) groups is 2. The van der Waals surface area contributed by atoms with E-state index in [0.29, 0.717) is 34.9 Å². The third-order valence-corrected chi connectivity index (χ3v) is 4.25. The van der Waals surface area contributed by atoms with Crippen LogP contribution in [0.25, 0.3) is 0 Å². The number of nitrogens with zero attached hydrogens (tertiary/aromatic N) is 1. The quantitative estimate of drug-likeness (QED) is 0.0761. The molecule has 0 radical (unpaired) electrons. The van der Waals surface area contributed by atoms with Crippen molar-refractivity contribution in [1.82, 2.24) is 0 Å². The molecule has 0 unspecified atom stereocenters. The summed E-state index contributed by atoms with van der Waals surface area (Å²) in [7, 11) is 0. The van der Waals surface area contributed by atoms with Gasteiger partial charge in [0.2, 0.25) is 0 Å². The van der Waals surface area contributed by atoms with E-state index in [1.807, 2.05) is 19.1 Å². The van der Waals surface area contributed by atoms with Gasteiger partial charge in [-0.2, -0.15) is 0 Å². The number of aliphatic imine (C=N–C) groups is 1. The second-order valence-electron chi connectivity index (χ2n) is 5.34. The van der Waals surface area contributed by atoms with Crippen LogP contribution < -0.4 is 22.5 Å². The average molecular weight is 373 g/mol. The minimum Gasteiger partial charge on any atom is -0.398 e. The number of hydrogen-bond donors (Lipinski definition) is 4. The number of anilines is 2. The monoisotopic (exact) mass is 373 g/mol. The van der Waals surface area contributed by atoms with Crippen molar-refractivity contribution in [2.24, 2.45) is 16.5 Å². The molecule has 0 bridgehead atoms. The number of benzene rings is 1. The van der Waals surface area contributed by atoms with Crippen LogP contribution in [-0.4, -0.2) is 30.5 Å². The summed E-state index contributed by atoms with van der Waals surface area (Å²) < 4.78 is 0. The molecule has 0 atom stereocenters. The lowest BCUT2D eigenvalue weighted by Gasteiger charge is -2.14. The van der Waals surface area contributed by atoms with E-state index >= 15 is 0 Å². The normalized spacial score (nSPS) is 10.7. The van der Waals surface area contributed by atoms with Crippen molar-refractivity contribution >= 4 is 41.3 Å². The molecule has 0 aliphatic carbocycles. The van der Waals surface area contributed by atoms with Gasteiger partial charge in [-0.25, -0.2) is 0 Å². The second-order valence-corrected chi connectivity index (χ2v) is 6.44. The summed E-state index contributed by atoms with van der Waals surface area (Å²) in [5.41, 5.74) is 19.1. The molecule has 1 aromatic rings. The summed E-state index contributed by atoms with van der Waals surface area (Å²) in [5.74, 6) is 0.186. The molecule has 0 saturated heterocycles. The van der Waals surface area contributed by atoms with Crippen molar-refractivity contribution in [2.45, 2.75) is 11.8 Å². The Morgan fingerprint density at radius 2 is 2.08 bits per heavy atom. The highest BCUT2D eigenvalue weighted by atomic mass is 32.2. The Morgan fingerprint density at radius 3 is 2.65 bits per heavy atom. The Balaban J connectivity index is 3.06. The lowest BCUT2D eigenvalue weighted by molar-refractivity contribution is -0.112. The largest absolute Gasteiger partial charge is 0.398 e. The van der Waals surface area contributed by atoms with Gasteiger partial charge in [0, 0.05) is 22.6 Å². The fourth-order valence-corrected chi connectivity index (χ4v) is 2.90. The Labute approximate surface area is 157 Å². The summed E-state index contributed by atoms with van der Waals surface area (Å²) in [6, 6.07) is 3.63. The van der Waals surface area contributed by atoms with Crippen molar-refractivity contribution < 1.29 is 9.59 Å². The fraction of sp³-hybridized carbons (Fsp3) is 0.167. The number of aldehydes is 1. The second kappa shape index (κ2) is 10.1. The summed E-state index contributed by atoms with van der Waals surface area (Å²) in [6.45, 7) is 9.42. The van der Waals surface area contributed by atoms with Crippen molar-refractivity contribution in [3.8, 4) is 0 Å².